The molecule has 2 unspecified atom stereocenters. The SMILES string of the molecule is NC(=O)C1CCCN1C(=O)CN1CCN(C(=O)C2CCC(=O)N2)CC1. The van der Waals surface area contributed by atoms with E-state index < -0.39 is 18.0 Å². The lowest BCUT2D eigenvalue weighted by atomic mass is 10.2. The topological polar surface area (TPSA) is 116 Å². The summed E-state index contributed by atoms with van der Waals surface area (Å²) >= 11 is 0. The molecule has 0 bridgehead atoms. The molecular formula is C16H25N5O4. The number of carbonyl (C=O) groups excluding carboxylic acids is 4. The van der Waals surface area contributed by atoms with Crippen LogP contribution in [0.4, 0.5) is 0 Å². The maximum absolute atomic E-state index is 12.4. The number of rotatable bonds is 4. The fourth-order valence-electron chi connectivity index (χ4n) is 3.79. The summed E-state index contributed by atoms with van der Waals surface area (Å²) in [6.45, 7) is 3.11. The predicted octanol–water partition coefficient (Wildman–Crippen LogP) is -2.11. The van der Waals surface area contributed by atoms with Crippen LogP contribution >= 0.6 is 0 Å². The van der Waals surface area contributed by atoms with Crippen molar-refractivity contribution in [1.82, 2.24) is 20.0 Å². The highest BCUT2D eigenvalue weighted by molar-refractivity contribution is 5.91. The minimum Gasteiger partial charge on any atom is -0.368 e. The molecule has 0 aromatic heterocycles. The maximum Gasteiger partial charge on any atom is 0.245 e. The summed E-state index contributed by atoms with van der Waals surface area (Å²) in [5.74, 6) is -0.633. The van der Waals surface area contributed by atoms with E-state index in [2.05, 4.69) is 5.32 Å². The first-order valence-corrected chi connectivity index (χ1v) is 8.85. The second-order valence-corrected chi connectivity index (χ2v) is 6.91. The highest BCUT2D eigenvalue weighted by atomic mass is 16.2. The number of nitrogens with zero attached hydrogens (tertiary/aromatic N) is 3. The number of nitrogens with one attached hydrogen (secondary N) is 1. The fraction of sp³-hybridized carbons (Fsp3) is 0.750. The van der Waals surface area contributed by atoms with E-state index in [1.54, 1.807) is 9.80 Å². The van der Waals surface area contributed by atoms with Crippen molar-refractivity contribution in [3.8, 4) is 0 Å². The van der Waals surface area contributed by atoms with E-state index in [1.165, 1.54) is 0 Å². The molecule has 9 heteroatoms. The summed E-state index contributed by atoms with van der Waals surface area (Å²) in [5, 5.41) is 2.70. The zero-order valence-electron chi connectivity index (χ0n) is 14.3. The number of likely N-dealkylation sites (tertiary alicyclic amines) is 1. The van der Waals surface area contributed by atoms with Gasteiger partial charge in [-0.05, 0) is 19.3 Å². The van der Waals surface area contributed by atoms with Gasteiger partial charge in [-0.3, -0.25) is 24.1 Å². The second-order valence-electron chi connectivity index (χ2n) is 6.91. The molecule has 0 aliphatic carbocycles. The zero-order valence-corrected chi connectivity index (χ0v) is 14.3. The van der Waals surface area contributed by atoms with E-state index in [0.717, 1.165) is 6.42 Å². The Morgan fingerprint density at radius 2 is 1.80 bits per heavy atom. The van der Waals surface area contributed by atoms with Crippen molar-refractivity contribution < 1.29 is 19.2 Å². The Balaban J connectivity index is 1.46. The molecule has 3 N–H and O–H groups in total. The van der Waals surface area contributed by atoms with Gasteiger partial charge >= 0.3 is 0 Å². The molecular weight excluding hydrogens is 326 g/mol. The Bertz CT molecular complexity index is 573. The smallest absolute Gasteiger partial charge is 0.245 e. The summed E-state index contributed by atoms with van der Waals surface area (Å²) < 4.78 is 0. The van der Waals surface area contributed by atoms with Gasteiger partial charge in [0, 0.05) is 39.1 Å². The third kappa shape index (κ3) is 3.92. The van der Waals surface area contributed by atoms with Gasteiger partial charge < -0.3 is 20.9 Å². The van der Waals surface area contributed by atoms with Gasteiger partial charge in [-0.25, -0.2) is 0 Å². The van der Waals surface area contributed by atoms with Crippen LogP contribution in [0.5, 0.6) is 0 Å². The standard InChI is InChI=1S/C16H25N5O4/c17-15(24)12-2-1-5-21(12)14(23)10-19-6-8-20(9-7-19)16(25)11-3-4-13(22)18-11/h11-12H,1-10H2,(H2,17,24)(H,18,22). The van der Waals surface area contributed by atoms with Crippen LogP contribution in [0.3, 0.4) is 0 Å². The normalized spacial score (nSPS) is 27.4. The van der Waals surface area contributed by atoms with Crippen molar-refractivity contribution in [1.29, 1.82) is 0 Å². The average Bonchev–Trinajstić information content (AvgIpc) is 3.24. The van der Waals surface area contributed by atoms with Crippen molar-refractivity contribution >= 4 is 23.6 Å². The Morgan fingerprint density at radius 3 is 2.40 bits per heavy atom. The molecule has 0 saturated carbocycles. The molecule has 0 aromatic rings. The molecule has 3 aliphatic heterocycles. The van der Waals surface area contributed by atoms with Gasteiger partial charge in [0.25, 0.3) is 0 Å². The number of primary amides is 1. The lowest BCUT2D eigenvalue weighted by Gasteiger charge is -2.36. The van der Waals surface area contributed by atoms with E-state index in [9.17, 15) is 19.2 Å². The van der Waals surface area contributed by atoms with Crippen LogP contribution in [-0.2, 0) is 19.2 Å². The highest BCUT2D eigenvalue weighted by Crippen LogP contribution is 2.18. The molecule has 3 saturated heterocycles. The van der Waals surface area contributed by atoms with Crippen molar-refractivity contribution in [2.45, 2.75) is 37.8 Å². The van der Waals surface area contributed by atoms with Gasteiger partial charge in [0.2, 0.25) is 23.6 Å². The summed E-state index contributed by atoms with van der Waals surface area (Å²) in [6, 6.07) is -0.886. The third-order valence-electron chi connectivity index (χ3n) is 5.24. The number of hydrogen-bond acceptors (Lipinski definition) is 5. The zero-order chi connectivity index (χ0) is 18.0. The van der Waals surface area contributed by atoms with Gasteiger partial charge in [0.15, 0.2) is 0 Å². The minimum atomic E-state index is -0.485. The molecule has 0 aromatic carbocycles. The molecule has 3 heterocycles. The Hall–Kier alpha value is -2.16. The van der Waals surface area contributed by atoms with Crippen LogP contribution in [0.1, 0.15) is 25.7 Å². The van der Waals surface area contributed by atoms with E-state index in [0.29, 0.717) is 52.0 Å². The molecule has 4 amide bonds. The van der Waals surface area contributed by atoms with Crippen LogP contribution in [0.2, 0.25) is 0 Å². The molecule has 3 rings (SSSR count). The van der Waals surface area contributed by atoms with Crippen LogP contribution in [0.25, 0.3) is 0 Å². The quantitative estimate of drug-likeness (QED) is 0.601. The number of amides is 4. The van der Waals surface area contributed by atoms with Crippen molar-refractivity contribution in [2.24, 2.45) is 5.73 Å². The minimum absolute atomic E-state index is 0.0369. The molecule has 138 valence electrons. The number of nitrogens with two attached hydrogens (primary N) is 1. The first kappa shape index (κ1) is 17.7. The van der Waals surface area contributed by atoms with Crippen molar-refractivity contribution in [3.63, 3.8) is 0 Å². The molecule has 2 atom stereocenters. The third-order valence-corrected chi connectivity index (χ3v) is 5.24. The Labute approximate surface area is 146 Å². The summed E-state index contributed by atoms with van der Waals surface area (Å²) in [4.78, 5) is 52.8. The largest absolute Gasteiger partial charge is 0.368 e. The van der Waals surface area contributed by atoms with E-state index in [1.807, 2.05) is 4.90 Å². The lowest BCUT2D eigenvalue weighted by Crippen LogP contribution is -2.55. The van der Waals surface area contributed by atoms with Crippen LogP contribution < -0.4 is 11.1 Å². The Morgan fingerprint density at radius 1 is 1.08 bits per heavy atom. The first-order valence-electron chi connectivity index (χ1n) is 8.85. The molecule has 25 heavy (non-hydrogen) atoms. The van der Waals surface area contributed by atoms with Crippen molar-refractivity contribution in [2.75, 3.05) is 39.3 Å². The monoisotopic (exact) mass is 351 g/mol. The average molecular weight is 351 g/mol. The van der Waals surface area contributed by atoms with Crippen LogP contribution in [-0.4, -0.2) is 89.7 Å². The molecule has 3 aliphatic rings. The molecule has 3 fully saturated rings. The van der Waals surface area contributed by atoms with Crippen LogP contribution in [0.15, 0.2) is 0 Å². The van der Waals surface area contributed by atoms with E-state index in [-0.39, 0.29) is 24.3 Å². The van der Waals surface area contributed by atoms with E-state index in [4.69, 9.17) is 5.73 Å². The second kappa shape index (κ2) is 7.38. The van der Waals surface area contributed by atoms with Gasteiger partial charge in [0.1, 0.15) is 12.1 Å². The lowest BCUT2D eigenvalue weighted by molar-refractivity contribution is -0.140. The van der Waals surface area contributed by atoms with Gasteiger partial charge in [-0.2, -0.15) is 0 Å². The van der Waals surface area contributed by atoms with Gasteiger partial charge in [-0.1, -0.05) is 0 Å². The fourth-order valence-corrected chi connectivity index (χ4v) is 3.79. The van der Waals surface area contributed by atoms with Crippen molar-refractivity contribution in [3.05, 3.63) is 0 Å². The van der Waals surface area contributed by atoms with Gasteiger partial charge in [0.05, 0.1) is 6.54 Å². The maximum atomic E-state index is 12.4. The molecule has 9 nitrogen and oxygen atoms in total. The molecule has 0 spiro atoms. The summed E-state index contributed by atoms with van der Waals surface area (Å²) in [5.41, 5.74) is 5.36. The van der Waals surface area contributed by atoms with E-state index >= 15 is 0 Å². The number of carbonyl (C=O) groups is 4. The highest BCUT2D eigenvalue weighted by Gasteiger charge is 2.35. The van der Waals surface area contributed by atoms with Crippen LogP contribution in [0, 0.1) is 0 Å². The first-order chi connectivity index (χ1) is 12.0. The van der Waals surface area contributed by atoms with Gasteiger partial charge in [-0.15, -0.1) is 0 Å². The Kier molecular flexibility index (Phi) is 5.22. The summed E-state index contributed by atoms with van der Waals surface area (Å²) in [7, 11) is 0. The number of piperazine rings is 1. The predicted molar refractivity (Wildman–Crippen MR) is 88.1 cm³/mol. The summed E-state index contributed by atoms with van der Waals surface area (Å²) in [6.07, 6.45) is 2.40. The number of hydrogen-bond donors (Lipinski definition) is 2. The molecule has 0 radical (unpaired) electrons.